The number of halogens is 1. The Hall–Kier alpha value is -1.71. The van der Waals surface area contributed by atoms with Gasteiger partial charge in [-0.1, -0.05) is 0 Å². The van der Waals surface area contributed by atoms with Gasteiger partial charge in [0.05, 0.1) is 0 Å². The molecule has 0 saturated carbocycles. The molecule has 1 heterocycles. The van der Waals surface area contributed by atoms with Gasteiger partial charge in [-0.3, -0.25) is 4.79 Å². The molecule has 2 rings (SSSR count). The molecule has 0 aliphatic carbocycles. The normalized spacial score (nSPS) is 10.6. The SMILES string of the molecule is CC(=O)c1ccc2nc(F)oc2c1. The molecule has 2 aromatic rings. The molecule has 0 unspecified atom stereocenters. The van der Waals surface area contributed by atoms with E-state index in [9.17, 15) is 9.18 Å². The summed E-state index contributed by atoms with van der Waals surface area (Å²) in [6, 6.07) is 4.62. The number of aromatic nitrogens is 1. The van der Waals surface area contributed by atoms with Crippen LogP contribution in [0, 0.1) is 6.14 Å². The quantitative estimate of drug-likeness (QED) is 0.630. The standard InChI is InChI=1S/C9H6FNO2/c1-5(12)6-2-3-7-8(4-6)13-9(10)11-7/h2-4H,1H3. The summed E-state index contributed by atoms with van der Waals surface area (Å²) in [7, 11) is 0. The van der Waals surface area contributed by atoms with E-state index in [-0.39, 0.29) is 5.78 Å². The molecule has 0 amide bonds. The number of rotatable bonds is 1. The van der Waals surface area contributed by atoms with Crippen LogP contribution < -0.4 is 0 Å². The van der Waals surface area contributed by atoms with Crippen LogP contribution in [0.2, 0.25) is 0 Å². The highest BCUT2D eigenvalue weighted by molar-refractivity contribution is 5.96. The summed E-state index contributed by atoms with van der Waals surface area (Å²) in [6.45, 7) is 1.44. The number of carbonyl (C=O) groups is 1. The van der Waals surface area contributed by atoms with E-state index in [4.69, 9.17) is 0 Å². The van der Waals surface area contributed by atoms with Crippen LogP contribution in [0.5, 0.6) is 0 Å². The van der Waals surface area contributed by atoms with Crippen LogP contribution >= 0.6 is 0 Å². The van der Waals surface area contributed by atoms with Gasteiger partial charge in [0.2, 0.25) is 0 Å². The van der Waals surface area contributed by atoms with Crippen molar-refractivity contribution in [2.75, 3.05) is 0 Å². The van der Waals surface area contributed by atoms with E-state index in [2.05, 4.69) is 9.40 Å². The van der Waals surface area contributed by atoms with E-state index >= 15 is 0 Å². The molecule has 0 atom stereocenters. The molecule has 1 aromatic heterocycles. The summed E-state index contributed by atoms with van der Waals surface area (Å²) < 4.78 is 17.1. The van der Waals surface area contributed by atoms with Crippen molar-refractivity contribution in [2.24, 2.45) is 0 Å². The lowest BCUT2D eigenvalue weighted by atomic mass is 10.1. The molecular formula is C9H6FNO2. The summed E-state index contributed by atoms with van der Waals surface area (Å²) in [4.78, 5) is 14.4. The predicted octanol–water partition coefficient (Wildman–Crippen LogP) is 2.17. The number of ketones is 1. The van der Waals surface area contributed by atoms with Crippen LogP contribution in [0.4, 0.5) is 4.39 Å². The van der Waals surface area contributed by atoms with Crippen molar-refractivity contribution < 1.29 is 13.6 Å². The van der Waals surface area contributed by atoms with Gasteiger partial charge < -0.3 is 4.42 Å². The minimum atomic E-state index is -0.879. The second-order valence-electron chi connectivity index (χ2n) is 2.71. The van der Waals surface area contributed by atoms with E-state index in [0.29, 0.717) is 16.7 Å². The lowest BCUT2D eigenvalue weighted by Crippen LogP contribution is -1.89. The van der Waals surface area contributed by atoms with Crippen molar-refractivity contribution in [2.45, 2.75) is 6.92 Å². The Bertz CT molecular complexity index is 475. The van der Waals surface area contributed by atoms with Gasteiger partial charge in [0.15, 0.2) is 11.4 Å². The predicted molar refractivity (Wildman–Crippen MR) is 44.0 cm³/mol. The number of oxazole rings is 1. The van der Waals surface area contributed by atoms with Gasteiger partial charge in [-0.25, -0.2) is 0 Å². The van der Waals surface area contributed by atoms with Crippen molar-refractivity contribution in [3.05, 3.63) is 29.9 Å². The third kappa shape index (κ3) is 1.30. The molecule has 13 heavy (non-hydrogen) atoms. The molecule has 0 fully saturated rings. The van der Waals surface area contributed by atoms with Gasteiger partial charge in [-0.15, -0.1) is 4.39 Å². The van der Waals surface area contributed by atoms with Crippen molar-refractivity contribution in [1.82, 2.24) is 4.98 Å². The molecule has 0 saturated heterocycles. The van der Waals surface area contributed by atoms with Gasteiger partial charge in [-0.05, 0) is 25.1 Å². The first-order chi connectivity index (χ1) is 6.16. The highest BCUT2D eigenvalue weighted by atomic mass is 19.1. The van der Waals surface area contributed by atoms with E-state index in [1.54, 1.807) is 12.1 Å². The highest BCUT2D eigenvalue weighted by Gasteiger charge is 2.06. The molecule has 0 spiro atoms. The molecule has 0 aliphatic heterocycles. The zero-order valence-electron chi connectivity index (χ0n) is 6.87. The van der Waals surface area contributed by atoms with Gasteiger partial charge in [0.1, 0.15) is 5.52 Å². The third-order valence-corrected chi connectivity index (χ3v) is 1.77. The maximum Gasteiger partial charge on any atom is 0.382 e. The fourth-order valence-electron chi connectivity index (χ4n) is 1.12. The fraction of sp³-hybridized carbons (Fsp3) is 0.111. The number of hydrogen-bond acceptors (Lipinski definition) is 3. The maximum atomic E-state index is 12.5. The van der Waals surface area contributed by atoms with Gasteiger partial charge in [0, 0.05) is 5.56 Å². The lowest BCUT2D eigenvalue weighted by molar-refractivity contribution is 0.101. The second kappa shape index (κ2) is 2.65. The van der Waals surface area contributed by atoms with Crippen LogP contribution in [0.1, 0.15) is 17.3 Å². The average molecular weight is 179 g/mol. The van der Waals surface area contributed by atoms with Crippen molar-refractivity contribution >= 4 is 16.9 Å². The molecular weight excluding hydrogens is 173 g/mol. The largest absolute Gasteiger partial charge is 0.415 e. The van der Waals surface area contributed by atoms with Gasteiger partial charge in [-0.2, -0.15) is 4.98 Å². The molecule has 0 radical (unpaired) electrons. The Morgan fingerprint density at radius 3 is 3.00 bits per heavy atom. The molecule has 66 valence electrons. The van der Waals surface area contributed by atoms with E-state index in [0.717, 1.165) is 0 Å². The average Bonchev–Trinajstić information content (AvgIpc) is 2.42. The topological polar surface area (TPSA) is 43.1 Å². The number of nitrogens with zero attached hydrogens (tertiary/aromatic N) is 1. The molecule has 1 aromatic carbocycles. The summed E-state index contributed by atoms with van der Waals surface area (Å²) in [6.07, 6.45) is -0.879. The summed E-state index contributed by atoms with van der Waals surface area (Å²) >= 11 is 0. The fourth-order valence-corrected chi connectivity index (χ4v) is 1.12. The molecule has 4 heteroatoms. The Labute approximate surface area is 73.2 Å². The van der Waals surface area contributed by atoms with E-state index in [1.807, 2.05) is 0 Å². The van der Waals surface area contributed by atoms with E-state index in [1.165, 1.54) is 13.0 Å². The molecule has 3 nitrogen and oxygen atoms in total. The Kier molecular flexibility index (Phi) is 1.62. The van der Waals surface area contributed by atoms with Crippen LogP contribution in [-0.4, -0.2) is 10.8 Å². The number of carbonyl (C=O) groups excluding carboxylic acids is 1. The minimum absolute atomic E-state index is 0.0845. The first kappa shape index (κ1) is 7.91. The monoisotopic (exact) mass is 179 g/mol. The maximum absolute atomic E-state index is 12.5. The van der Waals surface area contributed by atoms with Crippen molar-refractivity contribution in [3.63, 3.8) is 0 Å². The Balaban J connectivity index is 2.67. The van der Waals surface area contributed by atoms with E-state index < -0.39 is 6.14 Å². The second-order valence-corrected chi connectivity index (χ2v) is 2.71. The van der Waals surface area contributed by atoms with Gasteiger partial charge >= 0.3 is 6.14 Å². The molecule has 0 bridgehead atoms. The lowest BCUT2D eigenvalue weighted by Gasteiger charge is -1.92. The first-order valence-corrected chi connectivity index (χ1v) is 3.74. The first-order valence-electron chi connectivity index (χ1n) is 3.74. The zero-order chi connectivity index (χ0) is 9.42. The van der Waals surface area contributed by atoms with Crippen LogP contribution in [0.25, 0.3) is 11.1 Å². The Morgan fingerprint density at radius 1 is 1.54 bits per heavy atom. The smallest absolute Gasteiger partial charge is 0.382 e. The van der Waals surface area contributed by atoms with Crippen molar-refractivity contribution in [1.29, 1.82) is 0 Å². The number of benzene rings is 1. The Morgan fingerprint density at radius 2 is 2.31 bits per heavy atom. The summed E-state index contributed by atoms with van der Waals surface area (Å²) in [5.74, 6) is -0.0845. The van der Waals surface area contributed by atoms with Crippen molar-refractivity contribution in [3.8, 4) is 0 Å². The molecule has 0 N–H and O–H groups in total. The highest BCUT2D eigenvalue weighted by Crippen LogP contribution is 2.16. The zero-order valence-corrected chi connectivity index (χ0v) is 6.87. The number of Topliss-reactive ketones (excluding diaryl/α,β-unsaturated/α-hetero) is 1. The number of fused-ring (bicyclic) bond motifs is 1. The summed E-state index contributed by atoms with van der Waals surface area (Å²) in [5.41, 5.74) is 1.20. The third-order valence-electron chi connectivity index (χ3n) is 1.77. The van der Waals surface area contributed by atoms with Crippen LogP contribution in [0.15, 0.2) is 22.6 Å². The summed E-state index contributed by atoms with van der Waals surface area (Å²) in [5, 5.41) is 0. The van der Waals surface area contributed by atoms with Crippen LogP contribution in [0.3, 0.4) is 0 Å². The van der Waals surface area contributed by atoms with Gasteiger partial charge in [0.25, 0.3) is 0 Å². The minimum Gasteiger partial charge on any atom is -0.415 e. The number of hydrogen-bond donors (Lipinski definition) is 0. The van der Waals surface area contributed by atoms with Crippen LogP contribution in [-0.2, 0) is 0 Å². The molecule has 0 aliphatic rings.